The van der Waals surface area contributed by atoms with Crippen LogP contribution in [0.4, 0.5) is 0 Å². The summed E-state index contributed by atoms with van der Waals surface area (Å²) in [6.07, 6.45) is 3.31. The van der Waals surface area contributed by atoms with Gasteiger partial charge in [0.25, 0.3) is 0 Å². The van der Waals surface area contributed by atoms with Gasteiger partial charge in [-0.2, -0.15) is 0 Å². The van der Waals surface area contributed by atoms with Crippen molar-refractivity contribution in [3.63, 3.8) is 0 Å². The Morgan fingerprint density at radius 2 is 1.87 bits per heavy atom. The Morgan fingerprint density at radius 3 is 2.33 bits per heavy atom. The average molecular weight is 209 g/mol. The molecule has 1 aliphatic rings. The second-order valence-electron chi connectivity index (χ2n) is 5.53. The highest BCUT2D eigenvalue weighted by Gasteiger charge is 2.30. The Kier molecular flexibility index (Phi) is 2.54. The number of aliphatic hydroxyl groups is 1. The van der Waals surface area contributed by atoms with E-state index in [1.165, 1.54) is 12.8 Å². The third-order valence-electron chi connectivity index (χ3n) is 2.58. The standard InChI is InChI=1S/C11H19N3O/c1-11(2,3)6-9-12-13-10(7-15)14(9)8-4-5-8/h8,15H,4-7H2,1-3H3. The van der Waals surface area contributed by atoms with Gasteiger partial charge in [-0.3, -0.25) is 0 Å². The summed E-state index contributed by atoms with van der Waals surface area (Å²) in [5, 5.41) is 17.4. The van der Waals surface area contributed by atoms with E-state index in [0.717, 1.165) is 18.1 Å². The molecule has 1 aromatic rings. The van der Waals surface area contributed by atoms with E-state index in [1.807, 2.05) is 0 Å². The molecule has 0 spiro atoms. The van der Waals surface area contributed by atoms with Crippen LogP contribution < -0.4 is 0 Å². The summed E-state index contributed by atoms with van der Waals surface area (Å²) in [5.74, 6) is 1.74. The highest BCUT2D eigenvalue weighted by molar-refractivity contribution is 5.03. The van der Waals surface area contributed by atoms with Crippen molar-refractivity contribution in [2.75, 3.05) is 0 Å². The zero-order chi connectivity index (χ0) is 11.1. The Hall–Kier alpha value is -0.900. The highest BCUT2D eigenvalue weighted by atomic mass is 16.3. The summed E-state index contributed by atoms with van der Waals surface area (Å²) in [6, 6.07) is 0.541. The molecule has 1 aliphatic carbocycles. The minimum absolute atomic E-state index is 0.00631. The molecular formula is C11H19N3O. The lowest BCUT2D eigenvalue weighted by Gasteiger charge is -2.18. The van der Waals surface area contributed by atoms with Crippen molar-refractivity contribution in [2.45, 2.75) is 52.7 Å². The molecule has 0 radical (unpaired) electrons. The van der Waals surface area contributed by atoms with Crippen molar-refractivity contribution in [3.8, 4) is 0 Å². The second kappa shape index (κ2) is 3.59. The number of aromatic nitrogens is 3. The lowest BCUT2D eigenvalue weighted by molar-refractivity contribution is 0.263. The van der Waals surface area contributed by atoms with E-state index < -0.39 is 0 Å². The van der Waals surface area contributed by atoms with Gasteiger partial charge in [-0.1, -0.05) is 20.8 Å². The van der Waals surface area contributed by atoms with Crippen molar-refractivity contribution < 1.29 is 5.11 Å². The van der Waals surface area contributed by atoms with Crippen molar-refractivity contribution >= 4 is 0 Å². The first kappa shape index (κ1) is 10.6. The number of hydrogen-bond acceptors (Lipinski definition) is 3. The second-order valence-corrected chi connectivity index (χ2v) is 5.53. The van der Waals surface area contributed by atoms with E-state index >= 15 is 0 Å². The third kappa shape index (κ3) is 2.37. The highest BCUT2D eigenvalue weighted by Crippen LogP contribution is 2.37. The first-order valence-corrected chi connectivity index (χ1v) is 5.55. The molecule has 0 atom stereocenters. The molecule has 0 saturated heterocycles. The molecule has 4 nitrogen and oxygen atoms in total. The molecular weight excluding hydrogens is 190 g/mol. The molecule has 0 unspecified atom stereocenters. The van der Waals surface area contributed by atoms with Gasteiger partial charge in [0.15, 0.2) is 5.82 Å². The van der Waals surface area contributed by atoms with Crippen LogP contribution in [0, 0.1) is 5.41 Å². The van der Waals surface area contributed by atoms with Crippen molar-refractivity contribution in [1.82, 2.24) is 14.8 Å². The first-order valence-electron chi connectivity index (χ1n) is 5.55. The van der Waals surface area contributed by atoms with Gasteiger partial charge in [-0.05, 0) is 18.3 Å². The molecule has 1 N–H and O–H groups in total. The van der Waals surface area contributed by atoms with Crippen LogP contribution in [0.3, 0.4) is 0 Å². The van der Waals surface area contributed by atoms with Gasteiger partial charge in [0.2, 0.25) is 0 Å². The molecule has 0 aliphatic heterocycles. The van der Waals surface area contributed by atoms with Gasteiger partial charge in [-0.25, -0.2) is 0 Å². The summed E-state index contributed by atoms with van der Waals surface area (Å²) in [4.78, 5) is 0. The normalized spacial score (nSPS) is 17.1. The lowest BCUT2D eigenvalue weighted by Crippen LogP contribution is -2.15. The quantitative estimate of drug-likeness (QED) is 0.824. The summed E-state index contributed by atoms with van der Waals surface area (Å²) >= 11 is 0. The van der Waals surface area contributed by atoms with Crippen LogP contribution in [-0.2, 0) is 13.0 Å². The first-order chi connectivity index (χ1) is 7.01. The fraction of sp³-hybridized carbons (Fsp3) is 0.818. The predicted molar refractivity (Wildman–Crippen MR) is 57.4 cm³/mol. The predicted octanol–water partition coefficient (Wildman–Crippen LogP) is 1.69. The summed E-state index contributed by atoms with van der Waals surface area (Å²) < 4.78 is 2.13. The van der Waals surface area contributed by atoms with Crippen molar-refractivity contribution in [2.24, 2.45) is 5.41 Å². The minimum Gasteiger partial charge on any atom is -0.388 e. The molecule has 1 heterocycles. The zero-order valence-corrected chi connectivity index (χ0v) is 9.69. The molecule has 2 rings (SSSR count). The summed E-state index contributed by atoms with van der Waals surface area (Å²) in [6.45, 7) is 6.57. The number of aliphatic hydroxyl groups excluding tert-OH is 1. The number of nitrogens with zero attached hydrogens (tertiary/aromatic N) is 3. The molecule has 0 amide bonds. The monoisotopic (exact) mass is 209 g/mol. The van der Waals surface area contributed by atoms with E-state index in [0.29, 0.717) is 6.04 Å². The Balaban J connectivity index is 2.26. The Labute approximate surface area is 90.3 Å². The molecule has 15 heavy (non-hydrogen) atoms. The molecule has 0 aromatic carbocycles. The van der Waals surface area contributed by atoms with E-state index in [-0.39, 0.29) is 12.0 Å². The SMILES string of the molecule is CC(C)(C)Cc1nnc(CO)n1C1CC1. The van der Waals surface area contributed by atoms with Gasteiger partial charge < -0.3 is 9.67 Å². The molecule has 1 fully saturated rings. The number of hydrogen-bond donors (Lipinski definition) is 1. The molecule has 0 bridgehead atoms. The zero-order valence-electron chi connectivity index (χ0n) is 9.69. The van der Waals surface area contributed by atoms with Gasteiger partial charge in [0.1, 0.15) is 12.4 Å². The fourth-order valence-electron chi connectivity index (χ4n) is 1.82. The van der Waals surface area contributed by atoms with Gasteiger partial charge in [-0.15, -0.1) is 10.2 Å². The van der Waals surface area contributed by atoms with Crippen LogP contribution >= 0.6 is 0 Å². The Bertz CT molecular complexity index is 347. The van der Waals surface area contributed by atoms with Crippen LogP contribution in [0.5, 0.6) is 0 Å². The number of rotatable bonds is 3. The lowest BCUT2D eigenvalue weighted by atomic mass is 9.92. The molecule has 84 valence electrons. The summed E-state index contributed by atoms with van der Waals surface area (Å²) in [7, 11) is 0. The van der Waals surface area contributed by atoms with Gasteiger partial charge in [0.05, 0.1) is 0 Å². The largest absolute Gasteiger partial charge is 0.388 e. The molecule has 1 aromatic heterocycles. The maximum absolute atomic E-state index is 9.18. The smallest absolute Gasteiger partial charge is 0.159 e. The maximum atomic E-state index is 9.18. The van der Waals surface area contributed by atoms with Crippen LogP contribution in [0.25, 0.3) is 0 Å². The van der Waals surface area contributed by atoms with E-state index in [2.05, 4.69) is 35.5 Å². The molecule has 1 saturated carbocycles. The van der Waals surface area contributed by atoms with Crippen LogP contribution in [0.15, 0.2) is 0 Å². The van der Waals surface area contributed by atoms with Crippen LogP contribution in [0.2, 0.25) is 0 Å². The van der Waals surface area contributed by atoms with E-state index in [1.54, 1.807) is 0 Å². The minimum atomic E-state index is -0.00631. The Morgan fingerprint density at radius 1 is 1.27 bits per heavy atom. The average Bonchev–Trinajstić information content (AvgIpc) is 2.87. The van der Waals surface area contributed by atoms with E-state index in [9.17, 15) is 5.11 Å². The van der Waals surface area contributed by atoms with Crippen molar-refractivity contribution in [1.29, 1.82) is 0 Å². The van der Waals surface area contributed by atoms with Gasteiger partial charge in [0, 0.05) is 12.5 Å². The van der Waals surface area contributed by atoms with Crippen LogP contribution in [-0.4, -0.2) is 19.9 Å². The topological polar surface area (TPSA) is 50.9 Å². The molecule has 4 heteroatoms. The maximum Gasteiger partial charge on any atom is 0.159 e. The third-order valence-corrected chi connectivity index (χ3v) is 2.58. The fourth-order valence-corrected chi connectivity index (χ4v) is 1.82. The van der Waals surface area contributed by atoms with Crippen LogP contribution in [0.1, 0.15) is 51.3 Å². The van der Waals surface area contributed by atoms with Crippen molar-refractivity contribution in [3.05, 3.63) is 11.6 Å². The van der Waals surface area contributed by atoms with E-state index in [4.69, 9.17) is 0 Å². The summed E-state index contributed by atoms with van der Waals surface area (Å²) in [5.41, 5.74) is 0.215. The van der Waals surface area contributed by atoms with Gasteiger partial charge >= 0.3 is 0 Å².